The minimum Gasteiger partial charge on any atom is -0.497 e. The van der Waals surface area contributed by atoms with Crippen LogP contribution in [-0.2, 0) is 6.54 Å². The molecule has 0 saturated heterocycles. The monoisotopic (exact) mass is 487 g/mol. The van der Waals surface area contributed by atoms with Gasteiger partial charge in [-0.1, -0.05) is 80.3 Å². The summed E-state index contributed by atoms with van der Waals surface area (Å²) in [6.45, 7) is 2.97. The predicted molar refractivity (Wildman–Crippen MR) is 151 cm³/mol. The largest absolute Gasteiger partial charge is 0.497 e. The fourth-order valence-corrected chi connectivity index (χ4v) is 4.15. The van der Waals surface area contributed by atoms with E-state index in [1.54, 1.807) is 14.2 Å². The molecule has 0 atom stereocenters. The Balaban J connectivity index is 1.25. The van der Waals surface area contributed by atoms with E-state index in [9.17, 15) is 0 Å². The van der Waals surface area contributed by atoms with Crippen LogP contribution >= 0.6 is 0 Å². The van der Waals surface area contributed by atoms with Crippen LogP contribution in [0.3, 0.4) is 0 Å². The maximum Gasteiger partial charge on any atom is 0.123 e. The molecule has 0 spiro atoms. The molecular formula is C32H41NO3. The van der Waals surface area contributed by atoms with Gasteiger partial charge < -0.3 is 19.1 Å². The molecule has 192 valence electrons. The molecule has 0 unspecified atom stereocenters. The molecule has 0 fully saturated rings. The van der Waals surface area contributed by atoms with Gasteiger partial charge >= 0.3 is 0 Å². The Morgan fingerprint density at radius 1 is 0.639 bits per heavy atom. The van der Waals surface area contributed by atoms with Gasteiger partial charge in [0.2, 0.25) is 0 Å². The first kappa shape index (κ1) is 27.3. The van der Waals surface area contributed by atoms with Crippen molar-refractivity contribution in [2.45, 2.75) is 45.1 Å². The van der Waals surface area contributed by atoms with Crippen molar-refractivity contribution >= 4 is 12.2 Å². The van der Waals surface area contributed by atoms with Crippen LogP contribution in [0, 0.1) is 0 Å². The van der Waals surface area contributed by atoms with Gasteiger partial charge in [-0.05, 0) is 67.4 Å². The Hall–Kier alpha value is -3.24. The van der Waals surface area contributed by atoms with E-state index < -0.39 is 0 Å². The second kappa shape index (κ2) is 15.7. The van der Waals surface area contributed by atoms with E-state index in [-0.39, 0.29) is 0 Å². The van der Waals surface area contributed by atoms with E-state index in [2.05, 4.69) is 66.6 Å². The van der Waals surface area contributed by atoms with Crippen LogP contribution in [0.5, 0.6) is 17.2 Å². The van der Waals surface area contributed by atoms with E-state index in [0.717, 1.165) is 54.5 Å². The molecule has 0 aliphatic carbocycles. The van der Waals surface area contributed by atoms with Crippen molar-refractivity contribution in [2.75, 3.05) is 34.4 Å². The molecule has 36 heavy (non-hydrogen) atoms. The zero-order chi connectivity index (χ0) is 25.4. The zero-order valence-corrected chi connectivity index (χ0v) is 22.1. The lowest BCUT2D eigenvalue weighted by Crippen LogP contribution is -2.18. The summed E-state index contributed by atoms with van der Waals surface area (Å²) in [6, 6.07) is 24.8. The van der Waals surface area contributed by atoms with E-state index in [1.807, 2.05) is 30.3 Å². The van der Waals surface area contributed by atoms with Crippen molar-refractivity contribution in [3.63, 3.8) is 0 Å². The van der Waals surface area contributed by atoms with Crippen LogP contribution in [-0.4, -0.2) is 39.3 Å². The summed E-state index contributed by atoms with van der Waals surface area (Å²) in [5, 5.41) is 0. The van der Waals surface area contributed by atoms with Crippen LogP contribution in [0.25, 0.3) is 12.2 Å². The minimum atomic E-state index is 0.776. The summed E-state index contributed by atoms with van der Waals surface area (Å²) in [4.78, 5) is 2.42. The van der Waals surface area contributed by atoms with Gasteiger partial charge in [0.1, 0.15) is 17.2 Å². The number of rotatable bonds is 16. The maximum atomic E-state index is 5.94. The quantitative estimate of drug-likeness (QED) is 0.153. The van der Waals surface area contributed by atoms with Gasteiger partial charge in [0, 0.05) is 12.6 Å². The lowest BCUT2D eigenvalue weighted by atomic mass is 10.1. The molecule has 0 amide bonds. The SMILES string of the molecule is COc1cc(/C=C/c2ccc(OCCCCCCCCN(C)Cc3ccccc3)cc2)cc(OC)c1. The van der Waals surface area contributed by atoms with E-state index >= 15 is 0 Å². The van der Waals surface area contributed by atoms with Crippen LogP contribution < -0.4 is 14.2 Å². The van der Waals surface area contributed by atoms with Crippen LogP contribution in [0.1, 0.15) is 55.2 Å². The van der Waals surface area contributed by atoms with Gasteiger partial charge in [-0.15, -0.1) is 0 Å². The molecule has 0 bridgehead atoms. The first-order valence-corrected chi connectivity index (χ1v) is 13.0. The molecule has 3 rings (SSSR count). The highest BCUT2D eigenvalue weighted by molar-refractivity contribution is 5.71. The van der Waals surface area contributed by atoms with Gasteiger partial charge in [0.05, 0.1) is 20.8 Å². The number of benzene rings is 3. The lowest BCUT2D eigenvalue weighted by molar-refractivity contribution is 0.301. The molecule has 0 aliphatic rings. The Kier molecular flexibility index (Phi) is 11.9. The Labute approximate surface area is 217 Å². The molecule has 3 aromatic carbocycles. The number of methoxy groups -OCH3 is 2. The van der Waals surface area contributed by atoms with Gasteiger partial charge in [0.15, 0.2) is 0 Å². The Bertz CT molecular complexity index is 1010. The third-order valence-electron chi connectivity index (χ3n) is 6.22. The standard InChI is InChI=1S/C32H41NO3/c1-33(26-28-13-9-8-10-14-28)21-11-6-4-5-7-12-22-36-30-19-17-27(18-20-30)15-16-29-23-31(34-2)25-32(24-29)35-3/h8-10,13-20,23-25H,4-7,11-12,21-22,26H2,1-3H3/b16-15+. The van der Waals surface area contributed by atoms with Gasteiger partial charge in [-0.3, -0.25) is 0 Å². The molecule has 3 aromatic rings. The third-order valence-corrected chi connectivity index (χ3v) is 6.22. The fraction of sp³-hybridized carbons (Fsp3) is 0.375. The van der Waals surface area contributed by atoms with Crippen molar-refractivity contribution < 1.29 is 14.2 Å². The number of ether oxygens (including phenoxy) is 3. The third kappa shape index (κ3) is 10.2. The van der Waals surface area contributed by atoms with Crippen LogP contribution in [0.15, 0.2) is 72.8 Å². The molecular weight excluding hydrogens is 446 g/mol. The summed E-state index contributed by atoms with van der Waals surface area (Å²) in [7, 11) is 5.54. The second-order valence-electron chi connectivity index (χ2n) is 9.24. The molecule has 4 heteroatoms. The number of nitrogens with zero attached hydrogens (tertiary/aromatic N) is 1. The number of hydrogen-bond acceptors (Lipinski definition) is 4. The van der Waals surface area contributed by atoms with Crippen molar-refractivity contribution in [2.24, 2.45) is 0 Å². The molecule has 0 heterocycles. The minimum absolute atomic E-state index is 0.776. The fourth-order valence-electron chi connectivity index (χ4n) is 4.15. The Morgan fingerprint density at radius 3 is 1.92 bits per heavy atom. The highest BCUT2D eigenvalue weighted by Crippen LogP contribution is 2.24. The molecule has 0 radical (unpaired) electrons. The van der Waals surface area contributed by atoms with Gasteiger partial charge in [-0.25, -0.2) is 0 Å². The zero-order valence-electron chi connectivity index (χ0n) is 22.1. The molecule has 0 aromatic heterocycles. The maximum absolute atomic E-state index is 5.94. The second-order valence-corrected chi connectivity index (χ2v) is 9.24. The van der Waals surface area contributed by atoms with Crippen molar-refractivity contribution in [1.82, 2.24) is 4.90 Å². The number of unbranched alkanes of at least 4 members (excludes halogenated alkanes) is 5. The average molecular weight is 488 g/mol. The van der Waals surface area contributed by atoms with Gasteiger partial charge in [-0.2, -0.15) is 0 Å². The summed E-state index contributed by atoms with van der Waals surface area (Å²) in [6.07, 6.45) is 11.6. The first-order valence-electron chi connectivity index (χ1n) is 13.0. The van der Waals surface area contributed by atoms with Gasteiger partial charge in [0.25, 0.3) is 0 Å². The summed E-state index contributed by atoms with van der Waals surface area (Å²) in [5.41, 5.74) is 3.55. The van der Waals surface area contributed by atoms with Crippen molar-refractivity contribution in [1.29, 1.82) is 0 Å². The summed E-state index contributed by atoms with van der Waals surface area (Å²) < 4.78 is 16.6. The molecule has 0 N–H and O–H groups in total. The normalized spacial score (nSPS) is 11.2. The first-order chi connectivity index (χ1) is 17.7. The number of hydrogen-bond donors (Lipinski definition) is 0. The van der Waals surface area contributed by atoms with Crippen molar-refractivity contribution in [3.8, 4) is 17.2 Å². The van der Waals surface area contributed by atoms with E-state index in [0.29, 0.717) is 0 Å². The molecule has 4 nitrogen and oxygen atoms in total. The average Bonchev–Trinajstić information content (AvgIpc) is 2.92. The predicted octanol–water partition coefficient (Wildman–Crippen LogP) is 7.73. The van der Waals surface area contributed by atoms with Crippen LogP contribution in [0.2, 0.25) is 0 Å². The van der Waals surface area contributed by atoms with E-state index in [1.165, 1.54) is 37.7 Å². The topological polar surface area (TPSA) is 30.9 Å². The highest BCUT2D eigenvalue weighted by atomic mass is 16.5. The highest BCUT2D eigenvalue weighted by Gasteiger charge is 2.01. The van der Waals surface area contributed by atoms with Crippen molar-refractivity contribution in [3.05, 3.63) is 89.5 Å². The molecule has 0 saturated carbocycles. The lowest BCUT2D eigenvalue weighted by Gasteiger charge is -2.16. The van der Waals surface area contributed by atoms with Crippen LogP contribution in [0.4, 0.5) is 0 Å². The summed E-state index contributed by atoms with van der Waals surface area (Å²) >= 11 is 0. The molecule has 0 aliphatic heterocycles. The van der Waals surface area contributed by atoms with E-state index in [4.69, 9.17) is 14.2 Å². The summed E-state index contributed by atoms with van der Waals surface area (Å²) in [5.74, 6) is 2.49. The Morgan fingerprint density at radius 2 is 1.25 bits per heavy atom. The smallest absolute Gasteiger partial charge is 0.123 e.